The molecule has 3 aliphatic rings. The summed E-state index contributed by atoms with van der Waals surface area (Å²) in [6.07, 6.45) is 6.60. The van der Waals surface area contributed by atoms with Crippen LogP contribution in [0.1, 0.15) is 46.0 Å². The van der Waals surface area contributed by atoms with E-state index in [9.17, 15) is 0 Å². The third-order valence-electron chi connectivity index (χ3n) is 6.43. The Bertz CT molecular complexity index is 441. The summed E-state index contributed by atoms with van der Waals surface area (Å²) in [6.45, 7) is 11.2. The van der Waals surface area contributed by atoms with Crippen LogP contribution in [0.3, 0.4) is 0 Å². The molecular formula is C19H37IN4OS. The Balaban J connectivity index is 0.00000243. The van der Waals surface area contributed by atoms with Gasteiger partial charge in [0, 0.05) is 44.0 Å². The fourth-order valence-corrected chi connectivity index (χ4v) is 5.75. The standard InChI is InChI=1S/C19H36N4OS.HI/c1-3-18(6-5-7-18)14-21-17(20-4-2)22-15-19(8-13-25-16-19)23-9-11-24-12-10-23;/h3-16H2,1-2H3,(H2,20,21,22);1H. The molecule has 2 aliphatic heterocycles. The molecule has 5 nitrogen and oxygen atoms in total. The minimum atomic E-state index is 0. The summed E-state index contributed by atoms with van der Waals surface area (Å²) in [5.41, 5.74) is 0.747. The number of hydrogen-bond donors (Lipinski definition) is 2. The van der Waals surface area contributed by atoms with E-state index >= 15 is 0 Å². The summed E-state index contributed by atoms with van der Waals surface area (Å²) in [4.78, 5) is 7.62. The Labute approximate surface area is 180 Å². The SMILES string of the molecule is CCNC(=NCC1(CC)CCC1)NCC1(N2CCOCC2)CCSC1.I. The number of thioether (sulfide) groups is 1. The maximum absolute atomic E-state index is 5.57. The van der Waals surface area contributed by atoms with Crippen molar-refractivity contribution in [2.45, 2.75) is 51.5 Å². The highest BCUT2D eigenvalue weighted by atomic mass is 127. The van der Waals surface area contributed by atoms with Gasteiger partial charge in [0.05, 0.1) is 13.2 Å². The number of morpholine rings is 1. The molecule has 2 heterocycles. The van der Waals surface area contributed by atoms with Crippen molar-refractivity contribution < 1.29 is 4.74 Å². The number of rotatable bonds is 7. The second-order valence-corrected chi connectivity index (χ2v) is 8.99. The van der Waals surface area contributed by atoms with E-state index in [1.165, 1.54) is 43.6 Å². The molecule has 0 aromatic rings. The number of nitrogens with one attached hydrogen (secondary N) is 2. The Kier molecular flexibility index (Phi) is 9.30. The molecule has 152 valence electrons. The zero-order chi connectivity index (χ0) is 17.6. The van der Waals surface area contributed by atoms with E-state index in [-0.39, 0.29) is 29.5 Å². The fraction of sp³-hybridized carbons (Fsp3) is 0.947. The van der Waals surface area contributed by atoms with Crippen molar-refractivity contribution in [2.75, 3.05) is 57.4 Å². The Morgan fingerprint density at radius 3 is 2.46 bits per heavy atom. The van der Waals surface area contributed by atoms with Crippen LogP contribution in [0.2, 0.25) is 0 Å². The lowest BCUT2D eigenvalue weighted by Gasteiger charge is -2.43. The van der Waals surface area contributed by atoms with Crippen LogP contribution in [0.4, 0.5) is 0 Å². The van der Waals surface area contributed by atoms with Gasteiger partial charge in [-0.3, -0.25) is 9.89 Å². The predicted octanol–water partition coefficient (Wildman–Crippen LogP) is 2.95. The van der Waals surface area contributed by atoms with Gasteiger partial charge < -0.3 is 15.4 Å². The number of guanidine groups is 1. The van der Waals surface area contributed by atoms with E-state index in [2.05, 4.69) is 41.1 Å². The largest absolute Gasteiger partial charge is 0.379 e. The topological polar surface area (TPSA) is 48.9 Å². The molecule has 1 aliphatic carbocycles. The molecule has 2 saturated heterocycles. The molecule has 7 heteroatoms. The normalized spacial score (nSPS) is 28.9. The van der Waals surface area contributed by atoms with Gasteiger partial charge in [0.25, 0.3) is 0 Å². The van der Waals surface area contributed by atoms with Gasteiger partial charge >= 0.3 is 0 Å². The lowest BCUT2D eigenvalue weighted by atomic mass is 9.67. The zero-order valence-electron chi connectivity index (χ0n) is 16.5. The van der Waals surface area contributed by atoms with Crippen LogP contribution in [0.15, 0.2) is 4.99 Å². The first-order valence-corrected chi connectivity index (χ1v) is 11.3. The molecule has 1 saturated carbocycles. The molecule has 0 bridgehead atoms. The highest BCUT2D eigenvalue weighted by molar-refractivity contribution is 14.0. The van der Waals surface area contributed by atoms with E-state index in [0.29, 0.717) is 5.41 Å². The minimum absolute atomic E-state index is 0. The number of hydrogen-bond acceptors (Lipinski definition) is 4. The van der Waals surface area contributed by atoms with Gasteiger partial charge in [-0.25, -0.2) is 0 Å². The van der Waals surface area contributed by atoms with Crippen molar-refractivity contribution in [1.29, 1.82) is 0 Å². The average Bonchev–Trinajstić information content (AvgIpc) is 3.10. The molecule has 0 aromatic heterocycles. The lowest BCUT2D eigenvalue weighted by Crippen LogP contribution is -2.60. The Morgan fingerprint density at radius 1 is 1.15 bits per heavy atom. The summed E-state index contributed by atoms with van der Waals surface area (Å²) in [5, 5.41) is 7.15. The smallest absolute Gasteiger partial charge is 0.191 e. The van der Waals surface area contributed by atoms with Gasteiger partial charge in [0.2, 0.25) is 0 Å². The van der Waals surface area contributed by atoms with Gasteiger partial charge in [-0.2, -0.15) is 11.8 Å². The molecule has 1 unspecified atom stereocenters. The summed E-state index contributed by atoms with van der Waals surface area (Å²) >= 11 is 2.09. The molecular weight excluding hydrogens is 459 g/mol. The Morgan fingerprint density at radius 2 is 1.92 bits per heavy atom. The van der Waals surface area contributed by atoms with Crippen LogP contribution >= 0.6 is 35.7 Å². The molecule has 1 atom stereocenters. The predicted molar refractivity (Wildman–Crippen MR) is 123 cm³/mol. The maximum Gasteiger partial charge on any atom is 0.191 e. The third kappa shape index (κ3) is 5.41. The van der Waals surface area contributed by atoms with Crippen molar-refractivity contribution in [1.82, 2.24) is 15.5 Å². The molecule has 3 fully saturated rings. The molecule has 0 aromatic carbocycles. The van der Waals surface area contributed by atoms with Crippen LogP contribution in [0.5, 0.6) is 0 Å². The first-order chi connectivity index (χ1) is 12.2. The average molecular weight is 497 g/mol. The number of halogens is 1. The highest BCUT2D eigenvalue weighted by Crippen LogP contribution is 2.43. The summed E-state index contributed by atoms with van der Waals surface area (Å²) in [5.74, 6) is 3.50. The van der Waals surface area contributed by atoms with E-state index in [4.69, 9.17) is 9.73 Å². The number of ether oxygens (including phenoxy) is 1. The number of nitrogens with zero attached hydrogens (tertiary/aromatic N) is 2. The van der Waals surface area contributed by atoms with E-state index in [1.54, 1.807) is 0 Å². The number of aliphatic imine (C=N–C) groups is 1. The molecule has 3 rings (SSSR count). The van der Waals surface area contributed by atoms with Crippen LogP contribution < -0.4 is 10.6 Å². The van der Waals surface area contributed by atoms with Gasteiger partial charge in [-0.15, -0.1) is 24.0 Å². The minimum Gasteiger partial charge on any atom is -0.379 e. The van der Waals surface area contributed by atoms with Crippen LogP contribution in [-0.2, 0) is 4.74 Å². The molecule has 0 radical (unpaired) electrons. The van der Waals surface area contributed by atoms with Crippen molar-refractivity contribution in [3.63, 3.8) is 0 Å². The summed E-state index contributed by atoms with van der Waals surface area (Å²) < 4.78 is 5.57. The van der Waals surface area contributed by atoms with Gasteiger partial charge in [0.15, 0.2) is 5.96 Å². The third-order valence-corrected chi connectivity index (χ3v) is 7.66. The molecule has 0 spiro atoms. The van der Waals surface area contributed by atoms with Gasteiger partial charge in [0.1, 0.15) is 0 Å². The first-order valence-electron chi connectivity index (χ1n) is 10.1. The second kappa shape index (κ2) is 10.7. The summed E-state index contributed by atoms with van der Waals surface area (Å²) in [7, 11) is 0. The van der Waals surface area contributed by atoms with Gasteiger partial charge in [-0.1, -0.05) is 13.3 Å². The molecule has 26 heavy (non-hydrogen) atoms. The van der Waals surface area contributed by atoms with Crippen molar-refractivity contribution in [2.24, 2.45) is 10.4 Å². The fourth-order valence-electron chi connectivity index (χ4n) is 4.27. The van der Waals surface area contributed by atoms with Crippen molar-refractivity contribution in [3.05, 3.63) is 0 Å². The van der Waals surface area contributed by atoms with Crippen molar-refractivity contribution >= 4 is 41.7 Å². The van der Waals surface area contributed by atoms with Crippen LogP contribution in [-0.4, -0.2) is 73.8 Å². The quantitative estimate of drug-likeness (QED) is 0.323. The van der Waals surface area contributed by atoms with Crippen molar-refractivity contribution in [3.8, 4) is 0 Å². The second-order valence-electron chi connectivity index (χ2n) is 7.88. The van der Waals surface area contributed by atoms with Crippen LogP contribution in [0.25, 0.3) is 0 Å². The molecule has 0 amide bonds. The van der Waals surface area contributed by atoms with E-state index in [0.717, 1.165) is 51.9 Å². The van der Waals surface area contributed by atoms with Gasteiger partial charge in [-0.05, 0) is 43.8 Å². The maximum atomic E-state index is 5.57. The highest BCUT2D eigenvalue weighted by Gasteiger charge is 2.41. The Hall–Kier alpha value is 0.270. The lowest BCUT2D eigenvalue weighted by molar-refractivity contribution is -0.0120. The first kappa shape index (κ1) is 22.6. The van der Waals surface area contributed by atoms with E-state index < -0.39 is 0 Å². The monoisotopic (exact) mass is 496 g/mol. The molecule has 2 N–H and O–H groups in total. The zero-order valence-corrected chi connectivity index (χ0v) is 19.7. The summed E-state index contributed by atoms with van der Waals surface area (Å²) in [6, 6.07) is 0. The van der Waals surface area contributed by atoms with E-state index in [1.807, 2.05) is 0 Å². The van der Waals surface area contributed by atoms with Crippen LogP contribution in [0, 0.1) is 5.41 Å².